The molecule has 0 fully saturated rings. The highest BCUT2D eigenvalue weighted by Gasteiger charge is 2.28. The molecule has 1 aromatic rings. The average molecular weight is 451 g/mol. The van der Waals surface area contributed by atoms with Crippen LogP contribution in [0.4, 0.5) is 0 Å². The van der Waals surface area contributed by atoms with E-state index in [1.54, 1.807) is 31.4 Å². The highest BCUT2D eigenvalue weighted by molar-refractivity contribution is 7.48. The number of phosphoric ester groups is 1. The third kappa shape index (κ3) is 12.9. The number of carbonyl (C=O) groups excluding carboxylic acids is 1. The van der Waals surface area contributed by atoms with Crippen LogP contribution < -0.4 is 4.52 Å². The first-order valence-electron chi connectivity index (χ1n) is 9.99. The number of esters is 1. The van der Waals surface area contributed by atoms with Gasteiger partial charge >= 0.3 is 13.8 Å². The number of hydrogen-bond donors (Lipinski definition) is 0. The Hall–Kier alpha value is -1.52. The monoisotopic (exact) mass is 451 g/mol. The summed E-state index contributed by atoms with van der Waals surface area (Å²) in [7, 11) is -0.824. The van der Waals surface area contributed by atoms with Gasteiger partial charge in [0.2, 0.25) is 0 Å². The Morgan fingerprint density at radius 2 is 1.40 bits per heavy atom. The standard InChI is InChI=1S/C19H31O10P/c1-17(20)26-16-18-4-6-19(7-5-18)29-30(21,27-14-9-23-3)28-15-13-25-12-11-24-10-8-22-2/h4-7H,8-16H2,1-3H3/i1D. The van der Waals surface area contributed by atoms with Crippen LogP contribution in [0, 0.1) is 0 Å². The molecule has 11 heteroatoms. The molecule has 0 heterocycles. The summed E-state index contributed by atoms with van der Waals surface area (Å²) in [5, 5.41) is 0. The Morgan fingerprint density at radius 3 is 2.00 bits per heavy atom. The van der Waals surface area contributed by atoms with E-state index >= 15 is 0 Å². The maximum absolute atomic E-state index is 12.9. The van der Waals surface area contributed by atoms with E-state index in [-0.39, 0.29) is 38.8 Å². The van der Waals surface area contributed by atoms with Crippen molar-refractivity contribution in [2.75, 3.05) is 67.1 Å². The van der Waals surface area contributed by atoms with Crippen molar-refractivity contribution in [3.8, 4) is 5.75 Å². The summed E-state index contributed by atoms with van der Waals surface area (Å²) in [5.74, 6) is -0.364. The summed E-state index contributed by atoms with van der Waals surface area (Å²) in [6, 6.07) is 6.37. The van der Waals surface area contributed by atoms with Crippen molar-refractivity contribution in [3.05, 3.63) is 29.8 Å². The lowest BCUT2D eigenvalue weighted by molar-refractivity contribution is -0.142. The molecule has 0 aliphatic carbocycles. The molecule has 0 aromatic heterocycles. The predicted molar refractivity (Wildman–Crippen MR) is 107 cm³/mol. The molecule has 0 aliphatic heterocycles. The van der Waals surface area contributed by atoms with Crippen LogP contribution in [0.1, 0.15) is 13.8 Å². The lowest BCUT2D eigenvalue weighted by Gasteiger charge is -2.18. The van der Waals surface area contributed by atoms with E-state index in [2.05, 4.69) is 0 Å². The Labute approximate surface area is 178 Å². The van der Waals surface area contributed by atoms with Crippen LogP contribution in [0.3, 0.4) is 0 Å². The molecule has 0 radical (unpaired) electrons. The van der Waals surface area contributed by atoms with Crippen LogP contribution in [0.25, 0.3) is 0 Å². The van der Waals surface area contributed by atoms with Crippen LogP contribution in [0.15, 0.2) is 24.3 Å². The van der Waals surface area contributed by atoms with Gasteiger partial charge in [0.25, 0.3) is 0 Å². The second-order valence-electron chi connectivity index (χ2n) is 5.72. The smallest absolute Gasteiger partial charge is 0.461 e. The molecule has 30 heavy (non-hydrogen) atoms. The number of methoxy groups -OCH3 is 2. The third-order valence-corrected chi connectivity index (χ3v) is 4.79. The highest BCUT2D eigenvalue weighted by Crippen LogP contribution is 2.49. The van der Waals surface area contributed by atoms with Gasteiger partial charge in [0.05, 0.1) is 52.9 Å². The van der Waals surface area contributed by atoms with Gasteiger partial charge in [-0.2, -0.15) is 0 Å². The molecule has 0 aliphatic rings. The van der Waals surface area contributed by atoms with Gasteiger partial charge in [0.1, 0.15) is 12.4 Å². The summed E-state index contributed by atoms with van der Waals surface area (Å²) in [6.07, 6.45) is 0. The van der Waals surface area contributed by atoms with Crippen molar-refractivity contribution < 1.29 is 48.0 Å². The van der Waals surface area contributed by atoms with E-state index in [1.807, 2.05) is 0 Å². The Morgan fingerprint density at radius 1 is 0.867 bits per heavy atom. The molecule has 1 rings (SSSR count). The van der Waals surface area contributed by atoms with E-state index in [0.29, 0.717) is 32.0 Å². The first-order valence-corrected chi connectivity index (χ1v) is 10.7. The maximum atomic E-state index is 12.9. The fourth-order valence-electron chi connectivity index (χ4n) is 1.93. The van der Waals surface area contributed by atoms with E-state index in [0.717, 1.165) is 0 Å². The summed E-state index contributed by atoms with van der Waals surface area (Å²) < 4.78 is 61.1. The van der Waals surface area contributed by atoms with Crippen molar-refractivity contribution in [2.45, 2.75) is 13.5 Å². The summed E-state index contributed by atoms with van der Waals surface area (Å²) >= 11 is 0. The Kier molecular flexibility index (Phi) is 13.4. The number of rotatable bonds is 18. The van der Waals surface area contributed by atoms with E-state index in [4.69, 9.17) is 38.6 Å². The van der Waals surface area contributed by atoms with Crippen molar-refractivity contribution >= 4 is 13.8 Å². The second kappa shape index (κ2) is 16.2. The van der Waals surface area contributed by atoms with Gasteiger partial charge in [0, 0.05) is 22.5 Å². The lowest BCUT2D eigenvalue weighted by Crippen LogP contribution is -2.13. The third-order valence-electron chi connectivity index (χ3n) is 3.36. The molecule has 1 atom stereocenters. The number of ether oxygens (including phenoxy) is 5. The van der Waals surface area contributed by atoms with Crippen LogP contribution in [-0.4, -0.2) is 73.0 Å². The number of hydrogen-bond acceptors (Lipinski definition) is 10. The second-order valence-corrected chi connectivity index (χ2v) is 7.31. The average Bonchev–Trinajstić information content (AvgIpc) is 2.77. The normalized spacial score (nSPS) is 13.5. The van der Waals surface area contributed by atoms with Crippen molar-refractivity contribution in [3.63, 3.8) is 0 Å². The molecule has 0 spiro atoms. The molecule has 1 aromatic carbocycles. The van der Waals surface area contributed by atoms with Gasteiger partial charge in [0.15, 0.2) is 0 Å². The van der Waals surface area contributed by atoms with Crippen LogP contribution in [-0.2, 0) is 48.7 Å². The minimum absolute atomic E-state index is 0.0104. The quantitative estimate of drug-likeness (QED) is 0.188. The van der Waals surface area contributed by atoms with Crippen LogP contribution in [0.2, 0.25) is 0 Å². The van der Waals surface area contributed by atoms with Gasteiger partial charge in [-0.1, -0.05) is 12.1 Å². The summed E-state index contributed by atoms with van der Waals surface area (Å²) in [6.45, 7) is 1.75. The lowest BCUT2D eigenvalue weighted by atomic mass is 10.2. The molecule has 0 N–H and O–H groups in total. The zero-order chi connectivity index (χ0) is 22.8. The van der Waals surface area contributed by atoms with Gasteiger partial charge in [-0.25, -0.2) is 4.57 Å². The molecule has 0 saturated carbocycles. The molecular weight excluding hydrogens is 419 g/mol. The summed E-state index contributed by atoms with van der Waals surface area (Å²) in [5.41, 5.74) is 0.686. The fourth-order valence-corrected chi connectivity index (χ4v) is 3.09. The summed E-state index contributed by atoms with van der Waals surface area (Å²) in [4.78, 5) is 11.1. The molecule has 1 unspecified atom stereocenters. The highest BCUT2D eigenvalue weighted by atomic mass is 31.2. The molecule has 172 valence electrons. The number of carbonyl (C=O) groups is 1. The minimum Gasteiger partial charge on any atom is -0.461 e. The first-order chi connectivity index (χ1) is 15.0. The molecule has 0 amide bonds. The van der Waals surface area contributed by atoms with E-state index in [9.17, 15) is 9.36 Å². The van der Waals surface area contributed by atoms with E-state index < -0.39 is 20.7 Å². The minimum atomic E-state index is -3.91. The fraction of sp³-hybridized carbons (Fsp3) is 0.632. The first kappa shape index (κ1) is 24.7. The predicted octanol–water partition coefficient (Wildman–Crippen LogP) is 2.60. The maximum Gasteiger partial charge on any atom is 0.530 e. The van der Waals surface area contributed by atoms with Gasteiger partial charge in [-0.15, -0.1) is 0 Å². The molecule has 0 bridgehead atoms. The molecule has 10 nitrogen and oxygen atoms in total. The van der Waals surface area contributed by atoms with Gasteiger partial charge in [-0.05, 0) is 17.7 Å². The van der Waals surface area contributed by atoms with Gasteiger partial charge in [-0.3, -0.25) is 13.8 Å². The largest absolute Gasteiger partial charge is 0.530 e. The molecule has 0 saturated heterocycles. The zero-order valence-corrected chi connectivity index (χ0v) is 18.3. The van der Waals surface area contributed by atoms with Crippen molar-refractivity contribution in [1.82, 2.24) is 0 Å². The zero-order valence-electron chi connectivity index (χ0n) is 18.4. The van der Waals surface area contributed by atoms with Gasteiger partial charge < -0.3 is 28.2 Å². The van der Waals surface area contributed by atoms with Crippen LogP contribution in [0.5, 0.6) is 5.75 Å². The van der Waals surface area contributed by atoms with Crippen molar-refractivity contribution in [1.29, 1.82) is 0 Å². The van der Waals surface area contributed by atoms with Crippen molar-refractivity contribution in [2.24, 2.45) is 0 Å². The SMILES string of the molecule is [2H]CC(=O)OCc1ccc(OP(=O)(OCCOC)OCCOCCOCCOC)cc1. The Balaban J connectivity index is 2.47. The number of benzene rings is 1. The van der Waals surface area contributed by atoms with Crippen LogP contribution >= 0.6 is 7.82 Å². The van der Waals surface area contributed by atoms with E-state index in [1.165, 1.54) is 7.11 Å². The molecular formula is C19H31O10P. The topological polar surface area (TPSA) is 108 Å². The Bertz CT molecular complexity index is 643. The number of phosphoric acid groups is 1.